The van der Waals surface area contributed by atoms with Crippen molar-refractivity contribution >= 4 is 11.8 Å². The summed E-state index contributed by atoms with van der Waals surface area (Å²) in [5.41, 5.74) is -0.265. The average Bonchev–Trinajstić information content (AvgIpc) is 2.73. The van der Waals surface area contributed by atoms with E-state index in [9.17, 15) is 5.11 Å². The summed E-state index contributed by atoms with van der Waals surface area (Å²) in [6.07, 6.45) is 4.52. The molecule has 1 aromatic rings. The Bertz CT molecular complexity index is 529. The maximum Gasteiger partial charge on any atom is 0.137 e. The van der Waals surface area contributed by atoms with Crippen molar-refractivity contribution in [2.24, 2.45) is 0 Å². The van der Waals surface area contributed by atoms with E-state index in [4.69, 9.17) is 18.9 Å². The summed E-state index contributed by atoms with van der Waals surface area (Å²) in [4.78, 5) is 1.11. The van der Waals surface area contributed by atoms with E-state index in [1.807, 2.05) is 18.2 Å². The molecule has 0 amide bonds. The molecule has 0 spiro atoms. The van der Waals surface area contributed by atoms with Crippen LogP contribution >= 0.6 is 11.8 Å². The predicted molar refractivity (Wildman–Crippen MR) is 117 cm³/mol. The van der Waals surface area contributed by atoms with Gasteiger partial charge in [-0.15, -0.1) is 0 Å². The summed E-state index contributed by atoms with van der Waals surface area (Å²) in [5, 5.41) is 11.0. The van der Waals surface area contributed by atoms with E-state index in [2.05, 4.69) is 26.0 Å². The fraction of sp³-hybridized carbons (Fsp3) is 0.739. The highest BCUT2D eigenvalue weighted by Crippen LogP contribution is 2.36. The van der Waals surface area contributed by atoms with Gasteiger partial charge in [0.2, 0.25) is 0 Å². The Labute approximate surface area is 180 Å². The molecule has 0 aliphatic carbocycles. The van der Waals surface area contributed by atoms with E-state index in [0.717, 1.165) is 43.4 Å². The van der Waals surface area contributed by atoms with Gasteiger partial charge in [0.25, 0.3) is 0 Å². The summed E-state index contributed by atoms with van der Waals surface area (Å²) >= 11 is 1.62. The van der Waals surface area contributed by atoms with Crippen LogP contribution in [0.25, 0.3) is 0 Å². The molecule has 1 aliphatic heterocycles. The molecular weight excluding hydrogens is 388 g/mol. The third kappa shape index (κ3) is 8.19. The number of aliphatic hydroxyl groups is 1. The summed E-state index contributed by atoms with van der Waals surface area (Å²) in [6.45, 7) is 5.93. The van der Waals surface area contributed by atoms with E-state index in [0.29, 0.717) is 19.8 Å². The first-order valence-electron chi connectivity index (χ1n) is 11.0. The summed E-state index contributed by atoms with van der Waals surface area (Å²) in [7, 11) is 1.62. The third-order valence-electron chi connectivity index (χ3n) is 5.06. The van der Waals surface area contributed by atoms with Crippen molar-refractivity contribution in [2.75, 3.05) is 26.9 Å². The molecule has 5 nitrogen and oxygen atoms in total. The van der Waals surface area contributed by atoms with Gasteiger partial charge in [0.05, 0.1) is 6.61 Å². The van der Waals surface area contributed by atoms with Gasteiger partial charge in [-0.25, -0.2) is 0 Å². The van der Waals surface area contributed by atoms with Gasteiger partial charge >= 0.3 is 0 Å². The Balaban J connectivity index is 2.14. The average molecular weight is 427 g/mol. The molecule has 1 N–H and O–H groups in total. The van der Waals surface area contributed by atoms with Crippen LogP contribution in [0.1, 0.15) is 52.4 Å². The Kier molecular flexibility index (Phi) is 12.2. The number of rotatable bonds is 14. The number of ether oxygens (including phenoxy) is 4. The van der Waals surface area contributed by atoms with Gasteiger partial charge in [-0.1, -0.05) is 69.5 Å². The molecule has 1 saturated heterocycles. The minimum Gasteiger partial charge on any atom is -0.387 e. The first-order valence-corrected chi connectivity index (χ1v) is 11.9. The lowest BCUT2D eigenvalue weighted by Crippen LogP contribution is -2.59. The second-order valence-corrected chi connectivity index (χ2v) is 8.68. The van der Waals surface area contributed by atoms with Crippen LogP contribution in [0, 0.1) is 0 Å². The van der Waals surface area contributed by atoms with Crippen molar-refractivity contribution < 1.29 is 24.1 Å². The van der Waals surface area contributed by atoms with Crippen LogP contribution in [0.15, 0.2) is 35.2 Å². The molecule has 0 unspecified atom stereocenters. The molecule has 29 heavy (non-hydrogen) atoms. The van der Waals surface area contributed by atoms with Crippen LogP contribution in [0.4, 0.5) is 0 Å². The molecule has 0 saturated carbocycles. The molecule has 166 valence electrons. The molecule has 2 rings (SSSR count). The summed E-state index contributed by atoms with van der Waals surface area (Å²) in [5.74, 6) is 0. The molecule has 1 aromatic carbocycles. The largest absolute Gasteiger partial charge is 0.387 e. The van der Waals surface area contributed by atoms with E-state index < -0.39 is 18.3 Å². The van der Waals surface area contributed by atoms with E-state index in [1.165, 1.54) is 0 Å². The smallest absolute Gasteiger partial charge is 0.137 e. The number of hydrogen-bond acceptors (Lipinski definition) is 6. The lowest BCUT2D eigenvalue weighted by molar-refractivity contribution is -0.234. The number of methoxy groups -OCH3 is 1. The van der Waals surface area contributed by atoms with Crippen molar-refractivity contribution in [3.63, 3.8) is 0 Å². The van der Waals surface area contributed by atoms with Gasteiger partial charge in [0.1, 0.15) is 29.9 Å². The zero-order valence-electron chi connectivity index (χ0n) is 18.1. The molecule has 0 radical (unpaired) electrons. The highest BCUT2D eigenvalue weighted by atomic mass is 32.2. The van der Waals surface area contributed by atoms with Gasteiger partial charge in [-0.2, -0.15) is 0 Å². The summed E-state index contributed by atoms with van der Waals surface area (Å²) < 4.78 is 24.0. The third-order valence-corrected chi connectivity index (χ3v) is 6.22. The highest BCUT2D eigenvalue weighted by molar-refractivity contribution is 7.99. The topological polar surface area (TPSA) is 57.2 Å². The second-order valence-electron chi connectivity index (χ2n) is 7.50. The number of benzene rings is 1. The van der Waals surface area contributed by atoms with E-state index >= 15 is 0 Å². The van der Waals surface area contributed by atoms with Crippen molar-refractivity contribution in [1.29, 1.82) is 0 Å². The van der Waals surface area contributed by atoms with Crippen LogP contribution in [-0.2, 0) is 18.9 Å². The lowest BCUT2D eigenvalue weighted by Gasteiger charge is -2.44. The van der Waals surface area contributed by atoms with Crippen LogP contribution in [0.5, 0.6) is 0 Å². The molecule has 1 fully saturated rings. The Hall–Kier alpha value is -0.630. The Morgan fingerprint density at radius 3 is 2.14 bits per heavy atom. The van der Waals surface area contributed by atoms with Crippen LogP contribution in [0.3, 0.4) is 0 Å². The zero-order chi connectivity index (χ0) is 20.9. The maximum atomic E-state index is 11.0. The van der Waals surface area contributed by atoms with Crippen molar-refractivity contribution in [2.45, 2.75) is 87.1 Å². The van der Waals surface area contributed by atoms with Gasteiger partial charge in [-0.3, -0.25) is 0 Å². The first kappa shape index (κ1) is 24.6. The second kappa shape index (κ2) is 14.4. The Morgan fingerprint density at radius 1 is 0.931 bits per heavy atom. The minimum atomic E-state index is -0.777. The van der Waals surface area contributed by atoms with Gasteiger partial charge in [-0.05, 0) is 25.0 Å². The SMILES string of the molecule is CCCCCO[C@@H]1[C@@H](OCCCCC)[C@H](O)[C@@H](COC)O[C@H]1Sc1ccccc1. The quantitative estimate of drug-likeness (QED) is 0.437. The molecule has 5 atom stereocenters. The molecule has 1 aliphatic rings. The predicted octanol–water partition coefficient (Wildman–Crippen LogP) is 4.66. The molecule has 0 aromatic heterocycles. The van der Waals surface area contributed by atoms with E-state index in [-0.39, 0.29) is 11.5 Å². The van der Waals surface area contributed by atoms with Gasteiger partial charge < -0.3 is 24.1 Å². The van der Waals surface area contributed by atoms with Crippen molar-refractivity contribution in [3.05, 3.63) is 30.3 Å². The minimum absolute atomic E-state index is 0.265. The first-order chi connectivity index (χ1) is 14.2. The van der Waals surface area contributed by atoms with E-state index in [1.54, 1.807) is 18.9 Å². The molecule has 0 bridgehead atoms. The van der Waals surface area contributed by atoms with Gasteiger partial charge in [0.15, 0.2) is 0 Å². The van der Waals surface area contributed by atoms with Crippen molar-refractivity contribution in [3.8, 4) is 0 Å². The molecular formula is C23H38O5S. The number of thioether (sulfide) groups is 1. The molecule has 1 heterocycles. The van der Waals surface area contributed by atoms with Crippen LogP contribution in [0.2, 0.25) is 0 Å². The molecule has 6 heteroatoms. The maximum absolute atomic E-state index is 11.0. The highest BCUT2D eigenvalue weighted by Gasteiger charge is 2.47. The fourth-order valence-corrected chi connectivity index (χ4v) is 4.58. The lowest BCUT2D eigenvalue weighted by atomic mass is 9.99. The number of unbranched alkanes of at least 4 members (excludes halogenated alkanes) is 4. The normalized spacial score (nSPS) is 27.2. The van der Waals surface area contributed by atoms with Crippen LogP contribution in [-0.4, -0.2) is 61.9 Å². The number of hydrogen-bond donors (Lipinski definition) is 1. The number of aliphatic hydroxyl groups excluding tert-OH is 1. The van der Waals surface area contributed by atoms with Crippen molar-refractivity contribution in [1.82, 2.24) is 0 Å². The zero-order valence-corrected chi connectivity index (χ0v) is 18.9. The summed E-state index contributed by atoms with van der Waals surface area (Å²) in [6, 6.07) is 10.2. The van der Waals surface area contributed by atoms with Crippen LogP contribution < -0.4 is 0 Å². The monoisotopic (exact) mass is 426 g/mol. The standard InChI is InChI=1S/C23H38O5S/c1-4-6-11-15-26-21-20(24)19(17-25-3)28-23(22(21)27-16-12-7-5-2)29-18-13-9-8-10-14-18/h8-10,13-14,19-24H,4-7,11-12,15-17H2,1-3H3/t19-,20-,21+,22-,23+/m1/s1. The fourth-order valence-electron chi connectivity index (χ4n) is 3.43. The Morgan fingerprint density at radius 2 is 1.55 bits per heavy atom. The van der Waals surface area contributed by atoms with Gasteiger partial charge in [0, 0.05) is 25.2 Å².